The molecule has 1 aliphatic rings. The third-order valence-corrected chi connectivity index (χ3v) is 8.02. The number of benzene rings is 2. The van der Waals surface area contributed by atoms with Crippen molar-refractivity contribution in [3.8, 4) is 5.75 Å². The highest BCUT2D eigenvalue weighted by atomic mass is 32.1. The van der Waals surface area contributed by atoms with E-state index in [1.54, 1.807) is 60.8 Å². The van der Waals surface area contributed by atoms with Crippen LogP contribution in [0.4, 0.5) is 5.00 Å². The van der Waals surface area contributed by atoms with E-state index in [-0.39, 0.29) is 22.5 Å². The Hall–Kier alpha value is -4.22. The summed E-state index contributed by atoms with van der Waals surface area (Å²) >= 11 is 1.23. The maximum Gasteiger partial charge on any atom is 0.397 e. The summed E-state index contributed by atoms with van der Waals surface area (Å²) in [5.74, 6) is -2.08. The molecule has 11 heteroatoms. The number of ether oxygens (including phenoxy) is 3. The summed E-state index contributed by atoms with van der Waals surface area (Å²) in [5.41, 5.74) is 0.866. The second-order valence-corrected chi connectivity index (χ2v) is 14.0. The number of methoxy groups -OCH3 is 1. The van der Waals surface area contributed by atoms with Crippen LogP contribution >= 0.6 is 11.3 Å². The number of anilines is 1. The lowest BCUT2D eigenvalue weighted by molar-refractivity contribution is -0.161. The fraction of sp³-hybridized carbons (Fsp3) is 0.412. The van der Waals surface area contributed by atoms with Crippen molar-refractivity contribution in [3.05, 3.63) is 81.7 Å². The molecule has 10 nitrogen and oxygen atoms in total. The van der Waals surface area contributed by atoms with Crippen molar-refractivity contribution >= 4 is 40.1 Å². The first-order valence-electron chi connectivity index (χ1n) is 14.8. The zero-order valence-corrected chi connectivity index (χ0v) is 27.6. The second kappa shape index (κ2) is 13.8. The van der Waals surface area contributed by atoms with Gasteiger partial charge < -0.3 is 24.8 Å². The van der Waals surface area contributed by atoms with E-state index in [0.29, 0.717) is 31.6 Å². The fourth-order valence-corrected chi connectivity index (χ4v) is 6.14. The zero-order valence-electron chi connectivity index (χ0n) is 26.8. The third kappa shape index (κ3) is 9.15. The van der Waals surface area contributed by atoms with Gasteiger partial charge in [0.25, 0.3) is 5.91 Å². The second-order valence-electron chi connectivity index (χ2n) is 12.9. The maximum absolute atomic E-state index is 13.6. The molecule has 45 heavy (non-hydrogen) atoms. The van der Waals surface area contributed by atoms with Gasteiger partial charge in [-0.05, 0) is 83.4 Å². The molecule has 0 saturated carbocycles. The molecule has 0 aliphatic carbocycles. The number of carbonyl (C=O) groups excluding carboxylic acids is 4. The third-order valence-electron chi connectivity index (χ3n) is 6.89. The molecule has 240 valence electrons. The Labute approximate surface area is 268 Å². The predicted octanol–water partition coefficient (Wildman–Crippen LogP) is 5.35. The topological polar surface area (TPSA) is 123 Å². The van der Waals surface area contributed by atoms with E-state index in [2.05, 4.69) is 15.5 Å². The van der Waals surface area contributed by atoms with E-state index in [9.17, 15) is 19.2 Å². The molecule has 1 aliphatic heterocycles. The van der Waals surface area contributed by atoms with Gasteiger partial charge in [-0.25, -0.2) is 9.59 Å². The number of rotatable bonds is 8. The Balaban J connectivity index is 1.68. The van der Waals surface area contributed by atoms with Crippen LogP contribution < -0.4 is 15.4 Å². The van der Waals surface area contributed by atoms with Gasteiger partial charge in [0.2, 0.25) is 0 Å². The zero-order chi connectivity index (χ0) is 32.9. The lowest BCUT2D eigenvalue weighted by Gasteiger charge is -2.36. The molecule has 0 bridgehead atoms. The van der Waals surface area contributed by atoms with Crippen LogP contribution in [-0.4, -0.2) is 59.6 Å². The molecule has 2 amide bonds. The first-order chi connectivity index (χ1) is 21.1. The summed E-state index contributed by atoms with van der Waals surface area (Å²) in [6, 6.07) is 16.5. The normalized spacial score (nSPS) is 15.0. The average molecular weight is 636 g/mol. The van der Waals surface area contributed by atoms with Crippen molar-refractivity contribution in [1.29, 1.82) is 0 Å². The first kappa shape index (κ1) is 33.7. The summed E-state index contributed by atoms with van der Waals surface area (Å²) in [5, 5.41) is 5.90. The monoisotopic (exact) mass is 635 g/mol. The number of esters is 2. The quantitative estimate of drug-likeness (QED) is 0.251. The van der Waals surface area contributed by atoms with E-state index in [1.807, 2.05) is 42.5 Å². The molecular weight excluding hydrogens is 594 g/mol. The summed E-state index contributed by atoms with van der Waals surface area (Å²) in [7, 11) is 1.62. The smallest absolute Gasteiger partial charge is 0.397 e. The van der Waals surface area contributed by atoms with Crippen molar-refractivity contribution in [2.45, 2.75) is 78.3 Å². The minimum Gasteiger partial charge on any atom is -0.497 e. The highest BCUT2D eigenvalue weighted by molar-refractivity contribution is 7.17. The Morgan fingerprint density at radius 1 is 0.911 bits per heavy atom. The van der Waals surface area contributed by atoms with Gasteiger partial charge in [-0.2, -0.15) is 0 Å². The molecule has 2 heterocycles. The molecule has 1 unspecified atom stereocenters. The average Bonchev–Trinajstić information content (AvgIpc) is 3.31. The molecule has 1 aromatic heterocycles. The van der Waals surface area contributed by atoms with E-state index < -0.39 is 29.0 Å². The summed E-state index contributed by atoms with van der Waals surface area (Å²) < 4.78 is 16.3. The molecule has 2 aromatic carbocycles. The van der Waals surface area contributed by atoms with Crippen molar-refractivity contribution < 1.29 is 33.4 Å². The van der Waals surface area contributed by atoms with Gasteiger partial charge >= 0.3 is 17.8 Å². The summed E-state index contributed by atoms with van der Waals surface area (Å²) in [6.07, 6.45) is 0.397. The minimum absolute atomic E-state index is 0.197. The number of carbonyl (C=O) groups is 4. The van der Waals surface area contributed by atoms with Gasteiger partial charge in [0.15, 0.2) is 0 Å². The van der Waals surface area contributed by atoms with Gasteiger partial charge in [0.05, 0.1) is 12.7 Å². The van der Waals surface area contributed by atoms with Crippen LogP contribution in [0, 0.1) is 0 Å². The number of nitrogens with zero attached hydrogens (tertiary/aromatic N) is 1. The minimum atomic E-state index is -1.05. The highest BCUT2D eigenvalue weighted by Crippen LogP contribution is 2.40. The number of nitrogens with one attached hydrogen (secondary N) is 2. The predicted molar refractivity (Wildman–Crippen MR) is 172 cm³/mol. The lowest BCUT2D eigenvalue weighted by atomic mass is 9.95. The molecule has 0 radical (unpaired) electrons. The van der Waals surface area contributed by atoms with Crippen molar-refractivity contribution in [1.82, 2.24) is 10.2 Å². The van der Waals surface area contributed by atoms with Crippen LogP contribution in [0.15, 0.2) is 54.6 Å². The number of fused-ring (bicyclic) bond motifs is 1. The summed E-state index contributed by atoms with van der Waals surface area (Å²) in [6.45, 7) is 11.6. The molecule has 0 fully saturated rings. The molecule has 1 atom stereocenters. The highest BCUT2D eigenvalue weighted by Gasteiger charge is 2.36. The molecule has 0 saturated heterocycles. The summed E-state index contributed by atoms with van der Waals surface area (Å²) in [4.78, 5) is 55.1. The number of amides is 2. The van der Waals surface area contributed by atoms with Crippen molar-refractivity contribution in [2.24, 2.45) is 0 Å². The lowest BCUT2D eigenvalue weighted by Crippen LogP contribution is -2.47. The Morgan fingerprint density at radius 2 is 1.56 bits per heavy atom. The van der Waals surface area contributed by atoms with Crippen molar-refractivity contribution in [3.63, 3.8) is 0 Å². The molecule has 3 aromatic rings. The van der Waals surface area contributed by atoms with Gasteiger partial charge in [0.1, 0.15) is 22.0 Å². The molecule has 0 spiro atoms. The maximum atomic E-state index is 13.6. The van der Waals surface area contributed by atoms with Gasteiger partial charge in [-0.1, -0.05) is 30.3 Å². The van der Waals surface area contributed by atoms with E-state index >= 15 is 0 Å². The van der Waals surface area contributed by atoms with Gasteiger partial charge in [-0.15, -0.1) is 11.3 Å². The number of hydrogen-bond donors (Lipinski definition) is 2. The Kier molecular flexibility index (Phi) is 10.3. The number of thiophene rings is 1. The van der Waals surface area contributed by atoms with E-state index in [4.69, 9.17) is 14.2 Å². The molecular formula is C34H41N3O7S. The number of hydrogen-bond acceptors (Lipinski definition) is 9. The van der Waals surface area contributed by atoms with Crippen LogP contribution in [0.3, 0.4) is 0 Å². The van der Waals surface area contributed by atoms with Crippen LogP contribution in [0.2, 0.25) is 0 Å². The molecule has 2 N–H and O–H groups in total. The fourth-order valence-electron chi connectivity index (χ4n) is 4.90. The van der Waals surface area contributed by atoms with Crippen LogP contribution in [-0.2, 0) is 38.6 Å². The van der Waals surface area contributed by atoms with Crippen LogP contribution in [0.5, 0.6) is 5.75 Å². The van der Waals surface area contributed by atoms with Crippen LogP contribution in [0.25, 0.3) is 0 Å². The van der Waals surface area contributed by atoms with Crippen molar-refractivity contribution in [2.75, 3.05) is 19.0 Å². The Bertz CT molecular complexity index is 1540. The largest absolute Gasteiger partial charge is 0.497 e. The van der Waals surface area contributed by atoms with Gasteiger partial charge in [0, 0.05) is 36.1 Å². The van der Waals surface area contributed by atoms with E-state index in [0.717, 1.165) is 21.8 Å². The first-order valence-corrected chi connectivity index (χ1v) is 15.6. The SMILES string of the molecule is COc1ccc(CN2Cc3sc(NC(=O)C(=O)OC(C)(C)C)c(C(=O)OC(C)(C)C)c3CC2CNC(=O)c2ccccc2)cc1. The molecule has 4 rings (SSSR count). The van der Waals surface area contributed by atoms with E-state index in [1.165, 1.54) is 11.3 Å². The van der Waals surface area contributed by atoms with Gasteiger partial charge in [-0.3, -0.25) is 14.5 Å². The Morgan fingerprint density at radius 3 is 2.16 bits per heavy atom. The standard InChI is InChI=1S/C34H41N3O7S/c1-33(2,3)43-31(40)27-25-17-23(18-35-28(38)22-11-9-8-10-12-22)37(19-21-13-15-24(42-7)16-14-21)20-26(25)45-30(27)36-29(39)32(41)44-34(4,5)6/h8-16,23H,17-20H2,1-7H3,(H,35,38)(H,36,39). The van der Waals surface area contributed by atoms with Crippen LogP contribution in [0.1, 0.15) is 78.3 Å².